The molecule has 0 aliphatic carbocycles. The van der Waals surface area contributed by atoms with Gasteiger partial charge in [0.15, 0.2) is 0 Å². The van der Waals surface area contributed by atoms with Crippen LogP contribution in [0, 0.1) is 5.92 Å². The van der Waals surface area contributed by atoms with Gasteiger partial charge < -0.3 is 15.5 Å². The Morgan fingerprint density at radius 2 is 2.24 bits per heavy atom. The Bertz CT molecular complexity index is 358. The number of nitrogens with one attached hydrogen (secondary N) is 2. The molecule has 2 amide bonds. The van der Waals surface area contributed by atoms with E-state index in [-0.39, 0.29) is 17.9 Å². The van der Waals surface area contributed by atoms with Gasteiger partial charge in [0.1, 0.15) is 6.04 Å². The van der Waals surface area contributed by atoms with Crippen LogP contribution in [0.5, 0.6) is 0 Å². The Kier molecular flexibility index (Phi) is 2.58. The summed E-state index contributed by atoms with van der Waals surface area (Å²) in [4.78, 5) is 25.6. The lowest BCUT2D eigenvalue weighted by atomic mass is 10.0. The van der Waals surface area contributed by atoms with E-state index in [1.54, 1.807) is 0 Å². The Labute approximate surface area is 101 Å². The average Bonchev–Trinajstić information content (AvgIpc) is 2.92. The second kappa shape index (κ2) is 3.98. The van der Waals surface area contributed by atoms with Gasteiger partial charge >= 0.3 is 0 Å². The van der Waals surface area contributed by atoms with Crippen molar-refractivity contribution in [3.8, 4) is 0 Å². The molecule has 3 aliphatic rings. The minimum atomic E-state index is -0.274. The average molecular weight is 237 g/mol. The van der Waals surface area contributed by atoms with Gasteiger partial charge in [-0.3, -0.25) is 9.59 Å². The van der Waals surface area contributed by atoms with Crippen molar-refractivity contribution < 1.29 is 9.59 Å². The van der Waals surface area contributed by atoms with E-state index < -0.39 is 0 Å². The number of nitrogens with zero attached hydrogens (tertiary/aromatic N) is 1. The molecule has 3 heterocycles. The zero-order valence-corrected chi connectivity index (χ0v) is 10.1. The van der Waals surface area contributed by atoms with Crippen LogP contribution in [0.2, 0.25) is 0 Å². The van der Waals surface area contributed by atoms with E-state index in [0.29, 0.717) is 30.8 Å². The van der Waals surface area contributed by atoms with Crippen molar-refractivity contribution >= 4 is 11.8 Å². The maximum atomic E-state index is 12.4. The van der Waals surface area contributed by atoms with E-state index >= 15 is 0 Å². The molecule has 94 valence electrons. The van der Waals surface area contributed by atoms with E-state index in [0.717, 1.165) is 19.5 Å². The van der Waals surface area contributed by atoms with Crippen molar-refractivity contribution in [1.82, 2.24) is 15.5 Å². The summed E-state index contributed by atoms with van der Waals surface area (Å²) in [6, 6.07) is 0.386. The molecular weight excluding hydrogens is 218 g/mol. The van der Waals surface area contributed by atoms with Crippen LogP contribution in [0.4, 0.5) is 0 Å². The number of hydrogen-bond acceptors (Lipinski definition) is 3. The van der Waals surface area contributed by atoms with Gasteiger partial charge in [0.25, 0.3) is 0 Å². The number of amides is 2. The summed E-state index contributed by atoms with van der Waals surface area (Å²) < 4.78 is 0. The molecule has 17 heavy (non-hydrogen) atoms. The first-order chi connectivity index (χ1) is 8.16. The van der Waals surface area contributed by atoms with Gasteiger partial charge in [-0.05, 0) is 25.7 Å². The van der Waals surface area contributed by atoms with Crippen molar-refractivity contribution in [1.29, 1.82) is 0 Å². The van der Waals surface area contributed by atoms with Crippen molar-refractivity contribution in [2.24, 2.45) is 5.92 Å². The lowest BCUT2D eigenvalue weighted by Gasteiger charge is -2.30. The molecule has 3 rings (SSSR count). The van der Waals surface area contributed by atoms with Gasteiger partial charge in [-0.15, -0.1) is 0 Å². The minimum Gasteiger partial charge on any atom is -0.344 e. The summed E-state index contributed by atoms with van der Waals surface area (Å²) in [7, 11) is 0. The number of hydrogen-bond donors (Lipinski definition) is 2. The van der Waals surface area contributed by atoms with Crippen LogP contribution in [-0.2, 0) is 9.59 Å². The quantitative estimate of drug-likeness (QED) is 0.645. The van der Waals surface area contributed by atoms with Crippen LogP contribution in [0.1, 0.15) is 26.2 Å². The van der Waals surface area contributed by atoms with Crippen LogP contribution < -0.4 is 10.6 Å². The third kappa shape index (κ3) is 1.73. The zero-order chi connectivity index (χ0) is 12.0. The highest BCUT2D eigenvalue weighted by molar-refractivity contribution is 5.91. The predicted octanol–water partition coefficient (Wildman–Crippen LogP) is -0.526. The monoisotopic (exact) mass is 237 g/mol. The van der Waals surface area contributed by atoms with E-state index in [9.17, 15) is 9.59 Å². The minimum absolute atomic E-state index is 0.0105. The zero-order valence-electron chi connectivity index (χ0n) is 10.1. The molecule has 0 aromatic carbocycles. The van der Waals surface area contributed by atoms with Gasteiger partial charge in [0.05, 0.1) is 0 Å². The number of rotatable bonds is 1. The fourth-order valence-electron chi connectivity index (χ4n) is 3.52. The van der Waals surface area contributed by atoms with Gasteiger partial charge in [-0.25, -0.2) is 0 Å². The second-order valence-electron chi connectivity index (χ2n) is 5.47. The maximum Gasteiger partial charge on any atom is 0.245 e. The molecule has 3 fully saturated rings. The van der Waals surface area contributed by atoms with Gasteiger partial charge in [-0.1, -0.05) is 0 Å². The lowest BCUT2D eigenvalue weighted by Crippen LogP contribution is -2.50. The topological polar surface area (TPSA) is 61.4 Å². The number of likely N-dealkylation sites (tertiary alicyclic amines) is 1. The Hall–Kier alpha value is -1.10. The summed E-state index contributed by atoms with van der Waals surface area (Å²) >= 11 is 0. The summed E-state index contributed by atoms with van der Waals surface area (Å²) in [6.07, 6.45) is 2.24. The molecule has 5 heteroatoms. The summed E-state index contributed by atoms with van der Waals surface area (Å²) in [5.74, 6) is 0.738. The standard InChI is InChI=1S/C12H19N3O2/c1-7-4-8-5-13-6-10(8)15(7)12(17)9-2-3-11(16)14-9/h7-10,13H,2-6H2,1H3,(H,14,16)/t7?,8?,9-,10?/m0/s1. The molecule has 2 N–H and O–H groups in total. The van der Waals surface area contributed by atoms with Crippen LogP contribution in [-0.4, -0.2) is 47.9 Å². The Morgan fingerprint density at radius 1 is 1.41 bits per heavy atom. The highest BCUT2D eigenvalue weighted by Gasteiger charge is 2.46. The van der Waals surface area contributed by atoms with Gasteiger partial charge in [-0.2, -0.15) is 0 Å². The number of carbonyl (C=O) groups excluding carboxylic acids is 2. The molecule has 0 radical (unpaired) electrons. The SMILES string of the molecule is CC1CC2CNCC2N1C(=O)[C@@H]1CCC(=O)N1. The highest BCUT2D eigenvalue weighted by Crippen LogP contribution is 2.33. The molecule has 5 nitrogen and oxygen atoms in total. The van der Waals surface area contributed by atoms with Crippen molar-refractivity contribution in [3.63, 3.8) is 0 Å². The predicted molar refractivity (Wildman–Crippen MR) is 62.2 cm³/mol. The Morgan fingerprint density at radius 3 is 2.94 bits per heavy atom. The molecule has 4 atom stereocenters. The normalized spacial score (nSPS) is 40.5. The van der Waals surface area contributed by atoms with E-state index in [1.165, 1.54) is 0 Å². The van der Waals surface area contributed by atoms with Crippen molar-refractivity contribution in [3.05, 3.63) is 0 Å². The van der Waals surface area contributed by atoms with Gasteiger partial charge in [0.2, 0.25) is 11.8 Å². The fourth-order valence-corrected chi connectivity index (χ4v) is 3.52. The van der Waals surface area contributed by atoms with Crippen molar-refractivity contribution in [2.45, 2.75) is 44.3 Å². The molecule has 0 saturated carbocycles. The van der Waals surface area contributed by atoms with Crippen molar-refractivity contribution in [2.75, 3.05) is 13.1 Å². The second-order valence-corrected chi connectivity index (χ2v) is 5.47. The third-order valence-corrected chi connectivity index (χ3v) is 4.33. The smallest absolute Gasteiger partial charge is 0.245 e. The van der Waals surface area contributed by atoms with Crippen LogP contribution in [0.3, 0.4) is 0 Å². The summed E-state index contributed by atoms with van der Waals surface area (Å²) in [5, 5.41) is 6.13. The summed E-state index contributed by atoms with van der Waals surface area (Å²) in [5.41, 5.74) is 0. The number of carbonyl (C=O) groups is 2. The van der Waals surface area contributed by atoms with Crippen LogP contribution in [0.25, 0.3) is 0 Å². The Balaban J connectivity index is 1.74. The van der Waals surface area contributed by atoms with Crippen LogP contribution in [0.15, 0.2) is 0 Å². The third-order valence-electron chi connectivity index (χ3n) is 4.33. The molecule has 3 saturated heterocycles. The molecule has 0 aromatic heterocycles. The van der Waals surface area contributed by atoms with E-state index in [1.807, 2.05) is 4.90 Å². The number of fused-ring (bicyclic) bond motifs is 1. The molecule has 0 bridgehead atoms. The summed E-state index contributed by atoms with van der Waals surface area (Å²) in [6.45, 7) is 4.05. The van der Waals surface area contributed by atoms with E-state index in [4.69, 9.17) is 0 Å². The van der Waals surface area contributed by atoms with Crippen LogP contribution >= 0.6 is 0 Å². The molecule has 3 aliphatic heterocycles. The fraction of sp³-hybridized carbons (Fsp3) is 0.833. The lowest BCUT2D eigenvalue weighted by molar-refractivity contribution is -0.136. The largest absolute Gasteiger partial charge is 0.344 e. The molecule has 3 unspecified atom stereocenters. The first-order valence-electron chi connectivity index (χ1n) is 6.49. The molecular formula is C12H19N3O2. The highest BCUT2D eigenvalue weighted by atomic mass is 16.2. The first-order valence-corrected chi connectivity index (χ1v) is 6.49. The van der Waals surface area contributed by atoms with E-state index in [2.05, 4.69) is 17.6 Å². The first kappa shape index (κ1) is 11.0. The van der Waals surface area contributed by atoms with Gasteiger partial charge in [0, 0.05) is 31.6 Å². The molecule has 0 aromatic rings. The maximum absolute atomic E-state index is 12.4. The molecule has 0 spiro atoms.